The molecule has 29 heavy (non-hydrogen) atoms. The van der Waals surface area contributed by atoms with Crippen LogP contribution in [0.25, 0.3) is 0 Å². The Hall–Kier alpha value is -2.15. The second kappa shape index (κ2) is 10.6. The Balaban J connectivity index is 1.45. The molecule has 2 fully saturated rings. The van der Waals surface area contributed by atoms with Crippen molar-refractivity contribution in [1.29, 1.82) is 0 Å². The normalized spacial score (nSPS) is 22.3. The molecule has 1 aliphatic heterocycles. The summed E-state index contributed by atoms with van der Waals surface area (Å²) in [6, 6.07) is 8.04. The highest BCUT2D eigenvalue weighted by Crippen LogP contribution is 2.23. The molecule has 1 amide bonds. The van der Waals surface area contributed by atoms with E-state index in [1.165, 1.54) is 19.3 Å². The summed E-state index contributed by atoms with van der Waals surface area (Å²) in [7, 11) is 0. The fourth-order valence-electron chi connectivity index (χ4n) is 3.93. The lowest BCUT2D eigenvalue weighted by molar-refractivity contribution is -0.132. The number of rotatable bonds is 6. The van der Waals surface area contributed by atoms with Crippen LogP contribution in [-0.4, -0.2) is 47.4 Å². The number of hydrogen-bond donors (Lipinski definition) is 2. The highest BCUT2D eigenvalue weighted by atomic mass is 32.1. The fraction of sp³-hybridized carbons (Fsp3) is 0.591. The van der Waals surface area contributed by atoms with Crippen LogP contribution in [0.1, 0.15) is 57.9 Å². The number of carbonyl (C=O) groups excluding carboxylic acids is 1. The van der Waals surface area contributed by atoms with Gasteiger partial charge in [-0.1, -0.05) is 19.8 Å². The highest BCUT2D eigenvalue weighted by molar-refractivity contribution is 7.80. The lowest BCUT2D eigenvalue weighted by Gasteiger charge is -2.30. The van der Waals surface area contributed by atoms with Gasteiger partial charge in [0.1, 0.15) is 5.75 Å². The van der Waals surface area contributed by atoms with Gasteiger partial charge in [0.25, 0.3) is 5.91 Å². The van der Waals surface area contributed by atoms with E-state index in [1.54, 1.807) is 0 Å². The second-order valence-corrected chi connectivity index (χ2v) is 8.46. The maximum Gasteiger partial charge on any atom is 0.260 e. The van der Waals surface area contributed by atoms with E-state index in [9.17, 15) is 4.79 Å². The van der Waals surface area contributed by atoms with Crippen LogP contribution in [0.3, 0.4) is 0 Å². The molecule has 0 radical (unpaired) electrons. The smallest absolute Gasteiger partial charge is 0.260 e. The van der Waals surface area contributed by atoms with E-state index in [-0.39, 0.29) is 12.5 Å². The van der Waals surface area contributed by atoms with E-state index in [4.69, 9.17) is 17.0 Å². The minimum Gasteiger partial charge on any atom is -0.484 e. The van der Waals surface area contributed by atoms with Crippen LogP contribution < -0.4 is 15.5 Å². The monoisotopic (exact) mass is 416 g/mol. The molecule has 1 aliphatic carbocycles. The molecule has 158 valence electrons. The summed E-state index contributed by atoms with van der Waals surface area (Å²) in [5.41, 5.74) is 4.78. The van der Waals surface area contributed by atoms with Gasteiger partial charge in [-0.25, -0.2) is 0 Å². The molecular formula is C22H32N4O2S. The molecule has 1 heterocycles. The Labute approximate surface area is 179 Å². The topological polar surface area (TPSA) is 66.0 Å². The first-order valence-corrected chi connectivity index (χ1v) is 11.1. The van der Waals surface area contributed by atoms with E-state index in [0.29, 0.717) is 22.8 Å². The summed E-state index contributed by atoms with van der Waals surface area (Å²) in [6.45, 7) is 6.00. The molecule has 0 unspecified atom stereocenters. The Bertz CT molecular complexity index is 729. The average Bonchev–Trinajstić information content (AvgIpc) is 3.27. The summed E-state index contributed by atoms with van der Waals surface area (Å²) >= 11 is 5.40. The number of hydrazone groups is 1. The minimum atomic E-state index is 0.0572. The first-order chi connectivity index (χ1) is 14.0. The fourth-order valence-corrected chi connectivity index (χ4v) is 4.12. The molecule has 0 aromatic heterocycles. The maximum absolute atomic E-state index is 12.1. The van der Waals surface area contributed by atoms with Crippen molar-refractivity contribution in [2.24, 2.45) is 11.0 Å². The van der Waals surface area contributed by atoms with Crippen LogP contribution in [0.5, 0.6) is 5.75 Å². The number of thiocarbonyl (C=S) groups is 1. The molecule has 6 nitrogen and oxygen atoms in total. The molecule has 3 rings (SSSR count). The van der Waals surface area contributed by atoms with Gasteiger partial charge in [-0.2, -0.15) is 5.10 Å². The van der Waals surface area contributed by atoms with Crippen molar-refractivity contribution in [2.45, 2.75) is 58.4 Å². The second-order valence-electron chi connectivity index (χ2n) is 8.05. The average molecular weight is 417 g/mol. The van der Waals surface area contributed by atoms with Gasteiger partial charge in [0.05, 0.1) is 5.71 Å². The van der Waals surface area contributed by atoms with E-state index < -0.39 is 0 Å². The first kappa shape index (κ1) is 21.6. The predicted molar refractivity (Wildman–Crippen MR) is 120 cm³/mol. The molecule has 1 aromatic carbocycles. The minimum absolute atomic E-state index is 0.0572. The zero-order chi connectivity index (χ0) is 20.6. The van der Waals surface area contributed by atoms with E-state index in [0.717, 1.165) is 43.6 Å². The van der Waals surface area contributed by atoms with Crippen molar-refractivity contribution in [2.75, 3.05) is 19.7 Å². The SMILES string of the molecule is C/C(=N/NC(=S)N[C@@H]1CCCC[C@@H]1C)c1ccc(OCC(=O)N2CCCC2)cc1. The van der Waals surface area contributed by atoms with Crippen LogP contribution in [0.2, 0.25) is 0 Å². The number of ether oxygens (including phenoxy) is 1. The van der Waals surface area contributed by atoms with Crippen molar-refractivity contribution >= 4 is 28.9 Å². The molecular weight excluding hydrogens is 384 g/mol. The Morgan fingerprint density at radius 3 is 2.55 bits per heavy atom. The summed E-state index contributed by atoms with van der Waals surface area (Å²) in [6.07, 6.45) is 7.15. The molecule has 0 bridgehead atoms. The number of nitrogens with one attached hydrogen (secondary N) is 2. The van der Waals surface area contributed by atoms with Crippen LogP contribution >= 0.6 is 12.2 Å². The summed E-state index contributed by atoms with van der Waals surface area (Å²) in [5, 5.41) is 8.37. The van der Waals surface area contributed by atoms with Crippen molar-refractivity contribution in [3.8, 4) is 5.75 Å². The Kier molecular flexibility index (Phi) is 7.86. The van der Waals surface area contributed by atoms with E-state index in [2.05, 4.69) is 22.8 Å². The molecule has 2 atom stereocenters. The molecule has 7 heteroatoms. The molecule has 1 saturated carbocycles. The van der Waals surface area contributed by atoms with Gasteiger partial charge in [-0.15, -0.1) is 0 Å². The van der Waals surface area contributed by atoms with Crippen molar-refractivity contribution < 1.29 is 9.53 Å². The highest BCUT2D eigenvalue weighted by Gasteiger charge is 2.21. The van der Waals surface area contributed by atoms with Crippen molar-refractivity contribution in [3.63, 3.8) is 0 Å². The largest absolute Gasteiger partial charge is 0.484 e. The van der Waals surface area contributed by atoms with E-state index in [1.807, 2.05) is 36.1 Å². The zero-order valence-corrected chi connectivity index (χ0v) is 18.3. The standard InChI is InChI=1S/C22H32N4O2S/c1-16-7-3-4-8-20(16)23-22(29)25-24-17(2)18-9-11-19(12-10-18)28-15-21(27)26-13-5-6-14-26/h9-12,16,20H,3-8,13-15H2,1-2H3,(H2,23,25,29)/b24-17-/t16-,20+/m0/s1. The molecule has 2 aliphatic rings. The Morgan fingerprint density at radius 1 is 1.17 bits per heavy atom. The summed E-state index contributed by atoms with van der Waals surface area (Å²) < 4.78 is 5.63. The van der Waals surface area contributed by atoms with Gasteiger partial charge < -0.3 is 15.0 Å². The lowest BCUT2D eigenvalue weighted by atomic mass is 9.86. The molecule has 1 aromatic rings. The summed E-state index contributed by atoms with van der Waals surface area (Å²) in [5.74, 6) is 1.38. The molecule has 0 spiro atoms. The number of carbonyl (C=O) groups is 1. The zero-order valence-electron chi connectivity index (χ0n) is 17.4. The van der Waals surface area contributed by atoms with Crippen molar-refractivity contribution in [3.05, 3.63) is 29.8 Å². The first-order valence-electron chi connectivity index (χ1n) is 10.6. The number of hydrogen-bond acceptors (Lipinski definition) is 4. The van der Waals surface area contributed by atoms with Gasteiger partial charge in [-0.3, -0.25) is 10.2 Å². The lowest BCUT2D eigenvalue weighted by Crippen LogP contribution is -2.44. The van der Waals surface area contributed by atoms with Crippen LogP contribution in [-0.2, 0) is 4.79 Å². The Morgan fingerprint density at radius 2 is 1.86 bits per heavy atom. The maximum atomic E-state index is 12.1. The van der Waals surface area contributed by atoms with Gasteiger partial charge in [0, 0.05) is 19.1 Å². The summed E-state index contributed by atoms with van der Waals surface area (Å²) in [4.78, 5) is 13.9. The molecule has 1 saturated heterocycles. The van der Waals surface area contributed by atoms with Gasteiger partial charge >= 0.3 is 0 Å². The third kappa shape index (κ3) is 6.42. The number of benzene rings is 1. The van der Waals surface area contributed by atoms with Gasteiger partial charge in [0.2, 0.25) is 0 Å². The third-order valence-electron chi connectivity index (χ3n) is 5.85. The van der Waals surface area contributed by atoms with Gasteiger partial charge in [0.15, 0.2) is 11.7 Å². The third-order valence-corrected chi connectivity index (χ3v) is 6.06. The van der Waals surface area contributed by atoms with Crippen molar-refractivity contribution in [1.82, 2.24) is 15.6 Å². The van der Waals surface area contributed by atoms with Gasteiger partial charge in [-0.05, 0) is 80.6 Å². The number of likely N-dealkylation sites (tertiary alicyclic amines) is 1. The van der Waals surface area contributed by atoms with Crippen LogP contribution in [0, 0.1) is 5.92 Å². The number of amides is 1. The predicted octanol–water partition coefficient (Wildman–Crippen LogP) is 3.45. The van der Waals surface area contributed by atoms with Crippen LogP contribution in [0.15, 0.2) is 29.4 Å². The van der Waals surface area contributed by atoms with Crippen LogP contribution in [0.4, 0.5) is 0 Å². The molecule has 2 N–H and O–H groups in total. The number of nitrogens with zero attached hydrogens (tertiary/aromatic N) is 2. The van der Waals surface area contributed by atoms with E-state index >= 15 is 0 Å². The quantitative estimate of drug-likeness (QED) is 0.422.